The number of esters is 3. The van der Waals surface area contributed by atoms with Gasteiger partial charge >= 0.3 is 17.9 Å². The molecule has 0 aromatic carbocycles. The quantitative estimate of drug-likeness (QED) is 0.0261. The summed E-state index contributed by atoms with van der Waals surface area (Å²) >= 11 is 0. The number of carbonyl (C=O) groups is 3. The molecule has 0 heterocycles. The molecule has 1 atom stereocenters. The zero-order valence-electron chi connectivity index (χ0n) is 52.5. The molecular weight excluding hydrogens is 961 g/mol. The molecule has 0 bridgehead atoms. The highest BCUT2D eigenvalue weighted by Crippen LogP contribution is 2.17. The van der Waals surface area contributed by atoms with Crippen molar-refractivity contribution < 1.29 is 28.6 Å². The second-order valence-electron chi connectivity index (χ2n) is 23.4. The average Bonchev–Trinajstić information content (AvgIpc) is 3.44. The Morgan fingerprint density at radius 1 is 0.256 bits per heavy atom. The van der Waals surface area contributed by atoms with Gasteiger partial charge in [-0.25, -0.2) is 0 Å². The fourth-order valence-electron chi connectivity index (χ4n) is 10.3. The molecule has 0 rings (SSSR count). The molecule has 6 nitrogen and oxygen atoms in total. The Bertz CT molecular complexity index is 1350. The van der Waals surface area contributed by atoms with Crippen molar-refractivity contribution in [2.75, 3.05) is 13.2 Å². The molecule has 0 saturated heterocycles. The van der Waals surface area contributed by atoms with E-state index >= 15 is 0 Å². The van der Waals surface area contributed by atoms with Crippen molar-refractivity contribution in [1.82, 2.24) is 0 Å². The van der Waals surface area contributed by atoms with Gasteiger partial charge in [-0.05, 0) is 103 Å². The summed E-state index contributed by atoms with van der Waals surface area (Å²) in [4.78, 5) is 38.4. The Labute approximate surface area is 486 Å². The van der Waals surface area contributed by atoms with E-state index in [0.29, 0.717) is 19.3 Å². The van der Waals surface area contributed by atoms with Gasteiger partial charge < -0.3 is 14.2 Å². The van der Waals surface area contributed by atoms with E-state index in [-0.39, 0.29) is 31.1 Å². The summed E-state index contributed by atoms with van der Waals surface area (Å²) in [5, 5.41) is 0. The summed E-state index contributed by atoms with van der Waals surface area (Å²) < 4.78 is 17.0. The first kappa shape index (κ1) is 75.4. The van der Waals surface area contributed by atoms with E-state index in [4.69, 9.17) is 14.2 Å². The van der Waals surface area contributed by atoms with E-state index in [1.807, 2.05) is 0 Å². The molecule has 0 saturated carbocycles. The van der Waals surface area contributed by atoms with Crippen molar-refractivity contribution in [1.29, 1.82) is 0 Å². The van der Waals surface area contributed by atoms with Gasteiger partial charge in [-0.2, -0.15) is 0 Å². The molecule has 0 N–H and O–H groups in total. The molecule has 78 heavy (non-hydrogen) atoms. The second kappa shape index (κ2) is 66.9. The average molecular weight is 1090 g/mol. The van der Waals surface area contributed by atoms with E-state index in [1.165, 1.54) is 270 Å². The molecule has 0 amide bonds. The van der Waals surface area contributed by atoms with Crippen LogP contribution in [0.2, 0.25) is 0 Å². The summed E-state index contributed by atoms with van der Waals surface area (Å²) in [6.45, 7) is 6.68. The first-order valence-corrected chi connectivity index (χ1v) is 34.6. The smallest absolute Gasteiger partial charge is 0.306 e. The van der Waals surface area contributed by atoms with Crippen LogP contribution in [0, 0.1) is 0 Å². The Morgan fingerprint density at radius 2 is 0.462 bits per heavy atom. The van der Waals surface area contributed by atoms with E-state index in [1.54, 1.807) is 0 Å². The summed E-state index contributed by atoms with van der Waals surface area (Å²) in [5.74, 6) is -0.857. The fourth-order valence-corrected chi connectivity index (χ4v) is 10.3. The molecule has 0 aliphatic heterocycles. The zero-order chi connectivity index (χ0) is 56.4. The van der Waals surface area contributed by atoms with Gasteiger partial charge in [-0.15, -0.1) is 0 Å². The van der Waals surface area contributed by atoms with Crippen LogP contribution in [0.5, 0.6) is 0 Å². The molecule has 0 spiro atoms. The summed E-state index contributed by atoms with van der Waals surface area (Å²) in [6, 6.07) is 0. The maximum Gasteiger partial charge on any atom is 0.306 e. The van der Waals surface area contributed by atoms with Gasteiger partial charge in [0, 0.05) is 19.3 Å². The van der Waals surface area contributed by atoms with Crippen molar-refractivity contribution in [2.24, 2.45) is 0 Å². The van der Waals surface area contributed by atoms with Gasteiger partial charge in [0.2, 0.25) is 0 Å². The lowest BCUT2D eigenvalue weighted by Gasteiger charge is -2.18. The topological polar surface area (TPSA) is 78.9 Å². The number of hydrogen-bond donors (Lipinski definition) is 0. The first-order chi connectivity index (χ1) is 38.5. The lowest BCUT2D eigenvalue weighted by molar-refractivity contribution is -0.167. The molecule has 456 valence electrons. The number of hydrogen-bond acceptors (Lipinski definition) is 6. The molecule has 0 aliphatic carbocycles. The van der Waals surface area contributed by atoms with Crippen molar-refractivity contribution in [2.45, 2.75) is 380 Å². The number of ether oxygens (including phenoxy) is 3. The van der Waals surface area contributed by atoms with Crippen molar-refractivity contribution in [3.8, 4) is 0 Å². The minimum absolute atomic E-state index is 0.0734. The zero-order valence-corrected chi connectivity index (χ0v) is 52.5. The normalized spacial score (nSPS) is 12.3. The standard InChI is InChI=1S/C72H132O6/c1-4-7-10-13-16-19-22-25-28-31-34-35-36-37-39-41-44-47-50-53-56-59-62-65-71(74)77-68-69(67-76-70(73)64-61-58-55-52-49-46-43-40-33-30-27-24-21-18-15-12-9-6-3)78-72(75)66-63-60-57-54-51-48-45-42-38-32-29-26-23-20-17-14-11-8-5-2/h22,25-26,29-31,33-34,69H,4-21,23-24,27-28,32,35-68H2,1-3H3/b25-22-,29-26-,33-30-,34-31-. The number of rotatable bonds is 64. The fraction of sp³-hybridized carbons (Fsp3) is 0.847. The van der Waals surface area contributed by atoms with Crippen LogP contribution in [0.25, 0.3) is 0 Å². The minimum Gasteiger partial charge on any atom is -0.462 e. The Morgan fingerprint density at radius 3 is 0.718 bits per heavy atom. The first-order valence-electron chi connectivity index (χ1n) is 34.6. The third-order valence-electron chi connectivity index (χ3n) is 15.5. The van der Waals surface area contributed by atoms with E-state index in [2.05, 4.69) is 69.4 Å². The highest BCUT2D eigenvalue weighted by molar-refractivity contribution is 5.71. The monoisotopic (exact) mass is 1090 g/mol. The molecule has 0 fully saturated rings. The second-order valence-corrected chi connectivity index (χ2v) is 23.4. The van der Waals surface area contributed by atoms with Crippen LogP contribution < -0.4 is 0 Å². The van der Waals surface area contributed by atoms with Gasteiger partial charge in [-0.3, -0.25) is 14.4 Å². The molecular formula is C72H132O6. The van der Waals surface area contributed by atoms with Crippen LogP contribution in [-0.4, -0.2) is 37.2 Å². The number of unbranched alkanes of at least 4 members (excludes halogenated alkanes) is 45. The molecule has 0 aliphatic rings. The number of allylic oxidation sites excluding steroid dienone is 8. The van der Waals surface area contributed by atoms with Crippen LogP contribution >= 0.6 is 0 Å². The van der Waals surface area contributed by atoms with E-state index in [9.17, 15) is 14.4 Å². The molecule has 0 aromatic rings. The number of carbonyl (C=O) groups excluding carboxylic acids is 3. The van der Waals surface area contributed by atoms with Gasteiger partial charge in [0.05, 0.1) is 0 Å². The van der Waals surface area contributed by atoms with Gasteiger partial charge in [0.25, 0.3) is 0 Å². The predicted octanol–water partition coefficient (Wildman–Crippen LogP) is 23.7. The summed E-state index contributed by atoms with van der Waals surface area (Å²) in [7, 11) is 0. The molecule has 1 unspecified atom stereocenters. The highest BCUT2D eigenvalue weighted by Gasteiger charge is 2.19. The van der Waals surface area contributed by atoms with Gasteiger partial charge in [-0.1, -0.05) is 301 Å². The van der Waals surface area contributed by atoms with Crippen molar-refractivity contribution in [3.63, 3.8) is 0 Å². The summed E-state index contributed by atoms with van der Waals surface area (Å²) in [5.41, 5.74) is 0. The summed E-state index contributed by atoms with van der Waals surface area (Å²) in [6.07, 6.45) is 84.1. The van der Waals surface area contributed by atoms with Crippen LogP contribution in [0.15, 0.2) is 48.6 Å². The van der Waals surface area contributed by atoms with Crippen LogP contribution in [0.1, 0.15) is 374 Å². The van der Waals surface area contributed by atoms with Gasteiger partial charge in [0.15, 0.2) is 6.10 Å². The lowest BCUT2D eigenvalue weighted by Crippen LogP contribution is -2.30. The maximum atomic E-state index is 12.9. The Hall–Kier alpha value is -2.63. The van der Waals surface area contributed by atoms with Crippen LogP contribution in [0.4, 0.5) is 0 Å². The van der Waals surface area contributed by atoms with Crippen molar-refractivity contribution in [3.05, 3.63) is 48.6 Å². The highest BCUT2D eigenvalue weighted by atomic mass is 16.6. The van der Waals surface area contributed by atoms with Crippen LogP contribution in [-0.2, 0) is 28.6 Å². The third-order valence-corrected chi connectivity index (χ3v) is 15.5. The van der Waals surface area contributed by atoms with Crippen LogP contribution in [0.3, 0.4) is 0 Å². The van der Waals surface area contributed by atoms with Crippen molar-refractivity contribution >= 4 is 17.9 Å². The van der Waals surface area contributed by atoms with E-state index < -0.39 is 6.10 Å². The van der Waals surface area contributed by atoms with Gasteiger partial charge in [0.1, 0.15) is 13.2 Å². The van der Waals surface area contributed by atoms with E-state index in [0.717, 1.165) is 64.2 Å². The third kappa shape index (κ3) is 64.2. The molecule has 6 heteroatoms. The Balaban J connectivity index is 4.33. The Kier molecular flexibility index (Phi) is 64.6. The predicted molar refractivity (Wildman–Crippen MR) is 339 cm³/mol. The largest absolute Gasteiger partial charge is 0.462 e. The minimum atomic E-state index is -0.778. The SMILES string of the molecule is CCCCCCC/C=C\C/C=C\CCCCCCCCCCCCCC(=O)OCC(COC(=O)CCCCCCCCC/C=C\CCCCCCCCC)OC(=O)CCCCCCCCCCC/C=C\CCCCCCCC. The maximum absolute atomic E-state index is 12.9. The molecule has 0 aromatic heterocycles. The lowest BCUT2D eigenvalue weighted by atomic mass is 10.0. The molecule has 0 radical (unpaired) electrons.